The molecule has 0 fully saturated rings. The van der Waals surface area contributed by atoms with E-state index in [1.807, 2.05) is 37.3 Å². The second-order valence-electron chi connectivity index (χ2n) is 7.11. The molecule has 0 bridgehead atoms. The van der Waals surface area contributed by atoms with Gasteiger partial charge < -0.3 is 20.7 Å². The topological polar surface area (TPSA) is 79.5 Å². The summed E-state index contributed by atoms with van der Waals surface area (Å²) in [5, 5.41) is 8.78. The fraction of sp³-hybridized carbons (Fsp3) is 0.167. The third-order valence-electron chi connectivity index (χ3n) is 4.66. The van der Waals surface area contributed by atoms with Gasteiger partial charge in [0, 0.05) is 16.8 Å². The zero-order valence-electron chi connectivity index (χ0n) is 17.7. The normalized spacial score (nSPS) is 10.4. The Hall–Kier alpha value is -3.58. The van der Waals surface area contributed by atoms with Crippen LogP contribution in [0.15, 0.2) is 60.7 Å². The molecular weight excluding hydrogens is 433 g/mol. The Morgan fingerprint density at radius 2 is 1.69 bits per heavy atom. The minimum Gasteiger partial charge on any atom is -0.495 e. The van der Waals surface area contributed by atoms with E-state index in [2.05, 4.69) is 16.0 Å². The van der Waals surface area contributed by atoms with Gasteiger partial charge in [0.05, 0.1) is 31.5 Å². The lowest BCUT2D eigenvalue weighted by molar-refractivity contribution is -0.116. The molecule has 0 aromatic heterocycles. The number of halogens is 2. The van der Waals surface area contributed by atoms with Crippen LogP contribution < -0.4 is 20.7 Å². The average molecular weight is 456 g/mol. The molecule has 0 spiro atoms. The predicted molar refractivity (Wildman–Crippen MR) is 125 cm³/mol. The van der Waals surface area contributed by atoms with Crippen molar-refractivity contribution in [3.05, 3.63) is 82.6 Å². The molecule has 0 radical (unpaired) electrons. The van der Waals surface area contributed by atoms with Gasteiger partial charge in [0.1, 0.15) is 11.6 Å². The molecule has 0 atom stereocenters. The van der Waals surface area contributed by atoms with E-state index in [0.29, 0.717) is 22.1 Å². The standard InChI is InChI=1S/C24H23ClFN3O3/c1-15-10-21(22(32-2)13-18(15)25)29-24(31)14-27-17-8-9-19(26)20(12-17)28-23(30)11-16-6-4-3-5-7-16/h3-10,12-13,27H,11,14H2,1-2H3,(H,28,30)(H,29,31). The number of carbonyl (C=O) groups excluding carboxylic acids is 2. The van der Waals surface area contributed by atoms with Crippen LogP contribution in [0.25, 0.3) is 0 Å². The molecule has 3 aromatic rings. The molecule has 0 saturated heterocycles. The number of rotatable bonds is 8. The Kier molecular flexibility index (Phi) is 7.68. The van der Waals surface area contributed by atoms with Crippen molar-refractivity contribution >= 4 is 40.5 Å². The number of ether oxygens (including phenoxy) is 1. The van der Waals surface area contributed by atoms with Gasteiger partial charge in [-0.2, -0.15) is 0 Å². The first-order chi connectivity index (χ1) is 15.4. The van der Waals surface area contributed by atoms with Gasteiger partial charge in [-0.1, -0.05) is 41.9 Å². The van der Waals surface area contributed by atoms with Crippen LogP contribution in [-0.4, -0.2) is 25.5 Å². The minimum atomic E-state index is -0.567. The first kappa shape index (κ1) is 23.1. The summed E-state index contributed by atoms with van der Waals surface area (Å²) in [6, 6.07) is 16.7. The molecule has 0 saturated carbocycles. The van der Waals surface area contributed by atoms with Crippen LogP contribution in [0.1, 0.15) is 11.1 Å². The summed E-state index contributed by atoms with van der Waals surface area (Å²) in [7, 11) is 1.49. The molecule has 0 unspecified atom stereocenters. The van der Waals surface area contributed by atoms with E-state index in [0.717, 1.165) is 11.1 Å². The van der Waals surface area contributed by atoms with Crippen molar-refractivity contribution in [2.45, 2.75) is 13.3 Å². The lowest BCUT2D eigenvalue weighted by atomic mass is 10.1. The van der Waals surface area contributed by atoms with Crippen LogP contribution in [0.3, 0.4) is 0 Å². The van der Waals surface area contributed by atoms with Gasteiger partial charge in [0.2, 0.25) is 11.8 Å². The zero-order valence-corrected chi connectivity index (χ0v) is 18.4. The van der Waals surface area contributed by atoms with Gasteiger partial charge in [-0.15, -0.1) is 0 Å². The predicted octanol–water partition coefficient (Wildman–Crippen LogP) is 5.03. The molecule has 0 aliphatic carbocycles. The second-order valence-corrected chi connectivity index (χ2v) is 7.52. The van der Waals surface area contributed by atoms with E-state index < -0.39 is 5.82 Å². The van der Waals surface area contributed by atoms with Crippen LogP contribution in [0.4, 0.5) is 21.5 Å². The summed E-state index contributed by atoms with van der Waals surface area (Å²) >= 11 is 6.09. The van der Waals surface area contributed by atoms with Crippen molar-refractivity contribution in [1.29, 1.82) is 0 Å². The second kappa shape index (κ2) is 10.6. The minimum absolute atomic E-state index is 0.0336. The largest absolute Gasteiger partial charge is 0.495 e. The molecule has 32 heavy (non-hydrogen) atoms. The number of aryl methyl sites for hydroxylation is 1. The van der Waals surface area contributed by atoms with E-state index in [9.17, 15) is 14.0 Å². The van der Waals surface area contributed by atoms with Gasteiger partial charge in [0.25, 0.3) is 0 Å². The highest BCUT2D eigenvalue weighted by atomic mass is 35.5. The molecule has 3 rings (SSSR count). The van der Waals surface area contributed by atoms with E-state index in [4.69, 9.17) is 16.3 Å². The fourth-order valence-electron chi connectivity index (χ4n) is 3.01. The van der Waals surface area contributed by atoms with Crippen molar-refractivity contribution in [2.24, 2.45) is 0 Å². The average Bonchev–Trinajstić information content (AvgIpc) is 2.77. The van der Waals surface area contributed by atoms with E-state index in [-0.39, 0.29) is 30.5 Å². The molecule has 0 heterocycles. The molecule has 3 N–H and O–H groups in total. The van der Waals surface area contributed by atoms with Gasteiger partial charge >= 0.3 is 0 Å². The van der Waals surface area contributed by atoms with Gasteiger partial charge in [-0.3, -0.25) is 9.59 Å². The maximum Gasteiger partial charge on any atom is 0.243 e. The van der Waals surface area contributed by atoms with Crippen LogP contribution in [0.5, 0.6) is 5.75 Å². The number of amides is 2. The quantitative estimate of drug-likeness (QED) is 0.445. The number of carbonyl (C=O) groups is 2. The number of methoxy groups -OCH3 is 1. The SMILES string of the molecule is COc1cc(Cl)c(C)cc1NC(=O)CNc1ccc(F)c(NC(=O)Cc2ccccc2)c1. The van der Waals surface area contributed by atoms with Crippen LogP contribution in [-0.2, 0) is 16.0 Å². The van der Waals surface area contributed by atoms with Crippen LogP contribution in [0.2, 0.25) is 5.02 Å². The van der Waals surface area contributed by atoms with E-state index >= 15 is 0 Å². The monoisotopic (exact) mass is 455 g/mol. The van der Waals surface area contributed by atoms with E-state index in [1.165, 1.54) is 25.3 Å². The first-order valence-electron chi connectivity index (χ1n) is 9.87. The Bertz CT molecular complexity index is 1120. The molecule has 6 nitrogen and oxygen atoms in total. The van der Waals surface area contributed by atoms with Crippen molar-refractivity contribution in [3.63, 3.8) is 0 Å². The maximum absolute atomic E-state index is 14.2. The summed E-state index contributed by atoms with van der Waals surface area (Å²) in [4.78, 5) is 24.6. The highest BCUT2D eigenvalue weighted by Gasteiger charge is 2.12. The summed E-state index contributed by atoms with van der Waals surface area (Å²) in [6.45, 7) is 1.75. The Morgan fingerprint density at radius 3 is 2.41 bits per heavy atom. The number of hydrogen-bond donors (Lipinski definition) is 3. The third kappa shape index (κ3) is 6.21. The molecule has 0 aliphatic heterocycles. The Morgan fingerprint density at radius 1 is 0.969 bits per heavy atom. The lowest BCUT2D eigenvalue weighted by Crippen LogP contribution is -2.22. The van der Waals surface area contributed by atoms with Crippen molar-refractivity contribution in [3.8, 4) is 5.75 Å². The highest BCUT2D eigenvalue weighted by Crippen LogP contribution is 2.31. The third-order valence-corrected chi connectivity index (χ3v) is 5.06. The molecule has 8 heteroatoms. The summed E-state index contributed by atoms with van der Waals surface area (Å²) in [6.07, 6.45) is 0.128. The van der Waals surface area contributed by atoms with Gasteiger partial charge in [-0.05, 0) is 42.3 Å². The zero-order chi connectivity index (χ0) is 23.1. The molecule has 0 aliphatic rings. The highest BCUT2D eigenvalue weighted by molar-refractivity contribution is 6.31. The molecular formula is C24H23ClFN3O3. The van der Waals surface area contributed by atoms with Crippen LogP contribution in [0, 0.1) is 12.7 Å². The lowest BCUT2D eigenvalue weighted by Gasteiger charge is -2.13. The number of hydrogen-bond acceptors (Lipinski definition) is 4. The maximum atomic E-state index is 14.2. The van der Waals surface area contributed by atoms with Crippen molar-refractivity contribution in [2.75, 3.05) is 29.6 Å². The van der Waals surface area contributed by atoms with Crippen LogP contribution >= 0.6 is 11.6 Å². The van der Waals surface area contributed by atoms with Gasteiger partial charge in [0.15, 0.2) is 0 Å². The summed E-state index contributed by atoms with van der Waals surface area (Å²) < 4.78 is 19.4. The van der Waals surface area contributed by atoms with Crippen molar-refractivity contribution < 1.29 is 18.7 Å². The summed E-state index contributed by atoms with van der Waals surface area (Å²) in [5.41, 5.74) is 2.63. The number of anilines is 3. The first-order valence-corrected chi connectivity index (χ1v) is 10.2. The van der Waals surface area contributed by atoms with Gasteiger partial charge in [-0.25, -0.2) is 4.39 Å². The molecule has 166 valence electrons. The molecule has 2 amide bonds. The molecule has 3 aromatic carbocycles. The fourth-order valence-corrected chi connectivity index (χ4v) is 3.17. The van der Waals surface area contributed by atoms with E-state index in [1.54, 1.807) is 12.1 Å². The van der Waals surface area contributed by atoms with Crippen molar-refractivity contribution in [1.82, 2.24) is 0 Å². The smallest absolute Gasteiger partial charge is 0.243 e. The Balaban J connectivity index is 1.60. The number of nitrogens with one attached hydrogen (secondary N) is 3. The Labute approximate surface area is 190 Å². The summed E-state index contributed by atoms with van der Waals surface area (Å²) in [5.74, 6) is -0.791. The number of benzene rings is 3.